The Balaban J connectivity index is 2.04. The molecule has 2 amide bonds. The third-order valence-electron chi connectivity index (χ3n) is 3.51. The van der Waals surface area contributed by atoms with Gasteiger partial charge in [0.1, 0.15) is 6.04 Å². The van der Waals surface area contributed by atoms with Crippen molar-refractivity contribution in [3.05, 3.63) is 51.9 Å². The molecule has 0 saturated carbocycles. The summed E-state index contributed by atoms with van der Waals surface area (Å²) >= 11 is 0. The third-order valence-corrected chi connectivity index (χ3v) is 3.51. The fourth-order valence-electron chi connectivity index (χ4n) is 2.59. The third kappa shape index (κ3) is 2.24. The fourth-order valence-corrected chi connectivity index (χ4v) is 2.59. The van der Waals surface area contributed by atoms with Gasteiger partial charge in [-0.05, 0) is 29.6 Å². The molecule has 0 unspecified atom stereocenters. The maximum Gasteiger partial charge on any atom is 0.542 e. The van der Waals surface area contributed by atoms with Gasteiger partial charge in [0.05, 0.1) is 11.1 Å². The summed E-state index contributed by atoms with van der Waals surface area (Å²) in [6.45, 7) is 3.87. The van der Waals surface area contributed by atoms with Crippen LogP contribution in [0.15, 0.2) is 38.0 Å². The van der Waals surface area contributed by atoms with Crippen LogP contribution in [0.5, 0.6) is 0 Å². The van der Waals surface area contributed by atoms with Gasteiger partial charge in [-0.3, -0.25) is 19.0 Å². The Morgan fingerprint density at radius 1 is 1.09 bits per heavy atom. The highest BCUT2D eigenvalue weighted by atomic mass is 16.6. The Hall–Kier alpha value is -2.70. The predicted octanol–water partition coefficient (Wildman–Crippen LogP) is 2.01. The molecule has 0 aliphatic carbocycles. The topological polar surface area (TPSA) is 93.6 Å². The van der Waals surface area contributed by atoms with Crippen molar-refractivity contribution in [2.24, 2.45) is 5.92 Å². The average molecular weight is 302 g/mol. The van der Waals surface area contributed by atoms with Crippen LogP contribution in [-0.4, -0.2) is 21.9 Å². The van der Waals surface area contributed by atoms with Crippen LogP contribution >= 0.6 is 0 Å². The molecule has 22 heavy (non-hydrogen) atoms. The zero-order valence-corrected chi connectivity index (χ0v) is 12.1. The smallest absolute Gasteiger partial charge is 0.373 e. The molecule has 114 valence electrons. The first-order valence-electron chi connectivity index (χ1n) is 6.92. The molecular weight excluding hydrogens is 288 g/mol. The van der Waals surface area contributed by atoms with Gasteiger partial charge >= 0.3 is 5.82 Å². The van der Waals surface area contributed by atoms with Crippen LogP contribution in [0.3, 0.4) is 0 Å². The molecule has 0 bridgehead atoms. The largest absolute Gasteiger partial charge is 0.542 e. The van der Waals surface area contributed by atoms with E-state index >= 15 is 0 Å². The van der Waals surface area contributed by atoms with Crippen molar-refractivity contribution >= 4 is 11.8 Å². The van der Waals surface area contributed by atoms with Crippen molar-refractivity contribution in [2.75, 3.05) is 0 Å². The number of carbonyl (C=O) groups is 2. The van der Waals surface area contributed by atoms with E-state index in [0.29, 0.717) is 17.5 Å². The molecular formula is C15H14N2O5. The van der Waals surface area contributed by atoms with Crippen LogP contribution in [0.2, 0.25) is 0 Å². The molecule has 0 fully saturated rings. The maximum atomic E-state index is 12.5. The van der Waals surface area contributed by atoms with Gasteiger partial charge in [-0.1, -0.05) is 26.0 Å². The molecule has 0 N–H and O–H groups in total. The Morgan fingerprint density at radius 2 is 1.68 bits per heavy atom. The molecule has 1 aromatic carbocycles. The van der Waals surface area contributed by atoms with Gasteiger partial charge in [-0.2, -0.15) is 0 Å². The lowest BCUT2D eigenvalue weighted by Crippen LogP contribution is -2.35. The van der Waals surface area contributed by atoms with Gasteiger partial charge < -0.3 is 4.42 Å². The molecule has 1 aromatic heterocycles. The lowest BCUT2D eigenvalue weighted by atomic mass is 10.0. The van der Waals surface area contributed by atoms with E-state index in [1.165, 1.54) is 0 Å². The number of carbonyl (C=O) groups excluding carboxylic acids is 2. The van der Waals surface area contributed by atoms with Gasteiger partial charge in [-0.25, -0.2) is 4.79 Å². The molecule has 3 rings (SSSR count). The lowest BCUT2D eigenvalue weighted by molar-refractivity contribution is 0.0534. The molecule has 0 radical (unpaired) electrons. The first-order valence-corrected chi connectivity index (χ1v) is 6.92. The summed E-state index contributed by atoms with van der Waals surface area (Å²) < 4.78 is 9.29. The van der Waals surface area contributed by atoms with E-state index in [-0.39, 0.29) is 11.8 Å². The van der Waals surface area contributed by atoms with E-state index in [9.17, 15) is 14.4 Å². The average Bonchev–Trinajstić information content (AvgIpc) is 3.01. The highest BCUT2D eigenvalue weighted by molar-refractivity contribution is 6.21. The maximum absolute atomic E-state index is 12.5. The summed E-state index contributed by atoms with van der Waals surface area (Å²) in [5.74, 6) is -1.71. The van der Waals surface area contributed by atoms with Gasteiger partial charge in [-0.15, -0.1) is 0 Å². The Labute approximate surface area is 125 Å². The highest BCUT2D eigenvalue weighted by Crippen LogP contribution is 2.34. The SMILES string of the molecule is CC(C)C[C@@H](c1noc(=O)o1)N1C(=O)c2ccccc2C1=O. The number of hydrogen-bond acceptors (Lipinski definition) is 6. The molecule has 2 aromatic rings. The predicted molar refractivity (Wildman–Crippen MR) is 74.2 cm³/mol. The minimum absolute atomic E-state index is 0.0618. The summed E-state index contributed by atoms with van der Waals surface area (Å²) in [5, 5.41) is 3.55. The zero-order chi connectivity index (χ0) is 15.9. The minimum Gasteiger partial charge on any atom is -0.373 e. The summed E-state index contributed by atoms with van der Waals surface area (Å²) in [5.41, 5.74) is 0.680. The van der Waals surface area contributed by atoms with Crippen LogP contribution in [0.4, 0.5) is 0 Å². The van der Waals surface area contributed by atoms with Crippen molar-refractivity contribution in [3.8, 4) is 0 Å². The molecule has 0 spiro atoms. The minimum atomic E-state index is -0.958. The first-order chi connectivity index (χ1) is 10.5. The van der Waals surface area contributed by atoms with Crippen molar-refractivity contribution in [1.82, 2.24) is 10.1 Å². The van der Waals surface area contributed by atoms with E-state index in [1.807, 2.05) is 13.8 Å². The first kappa shape index (κ1) is 14.2. The monoisotopic (exact) mass is 302 g/mol. The second-order valence-electron chi connectivity index (χ2n) is 5.54. The van der Waals surface area contributed by atoms with Crippen molar-refractivity contribution in [1.29, 1.82) is 0 Å². The van der Waals surface area contributed by atoms with Crippen molar-refractivity contribution in [3.63, 3.8) is 0 Å². The molecule has 1 aliphatic heterocycles. The number of imide groups is 1. The summed E-state index contributed by atoms with van der Waals surface area (Å²) in [6.07, 6.45) is 0.418. The van der Waals surface area contributed by atoms with Crippen LogP contribution in [0.1, 0.15) is 52.9 Å². The molecule has 7 nitrogen and oxygen atoms in total. The number of benzene rings is 1. The van der Waals surface area contributed by atoms with Gasteiger partial charge in [0.15, 0.2) is 0 Å². The normalized spacial score (nSPS) is 15.5. The molecule has 1 aliphatic rings. The van der Waals surface area contributed by atoms with Crippen LogP contribution in [0.25, 0.3) is 0 Å². The van der Waals surface area contributed by atoms with E-state index in [4.69, 9.17) is 4.42 Å². The quantitative estimate of drug-likeness (QED) is 0.802. The van der Waals surface area contributed by atoms with Crippen molar-refractivity contribution in [2.45, 2.75) is 26.3 Å². The molecule has 1 atom stereocenters. The Kier molecular flexibility index (Phi) is 3.40. The second-order valence-corrected chi connectivity index (χ2v) is 5.54. The number of amides is 2. The van der Waals surface area contributed by atoms with Crippen LogP contribution in [-0.2, 0) is 0 Å². The fraction of sp³-hybridized carbons (Fsp3) is 0.333. The number of fused-ring (bicyclic) bond motifs is 1. The number of rotatable bonds is 4. The van der Waals surface area contributed by atoms with E-state index in [1.54, 1.807) is 24.3 Å². The van der Waals surface area contributed by atoms with Crippen LogP contribution in [0, 0.1) is 5.92 Å². The van der Waals surface area contributed by atoms with E-state index in [0.717, 1.165) is 4.90 Å². The van der Waals surface area contributed by atoms with Crippen molar-refractivity contribution < 1.29 is 18.5 Å². The Morgan fingerprint density at radius 3 is 2.14 bits per heavy atom. The number of hydrogen-bond donors (Lipinski definition) is 0. The summed E-state index contributed by atoms with van der Waals surface area (Å²) in [4.78, 5) is 37.3. The van der Waals surface area contributed by atoms with E-state index in [2.05, 4.69) is 9.68 Å². The van der Waals surface area contributed by atoms with Gasteiger partial charge in [0, 0.05) is 0 Å². The Bertz CT molecular complexity index is 754. The summed E-state index contributed by atoms with van der Waals surface area (Å²) in [7, 11) is 0. The molecule has 2 heterocycles. The highest BCUT2D eigenvalue weighted by Gasteiger charge is 2.42. The lowest BCUT2D eigenvalue weighted by Gasteiger charge is -2.24. The summed E-state index contributed by atoms with van der Waals surface area (Å²) in [6, 6.07) is 5.82. The number of aromatic nitrogens is 1. The number of nitrogens with zero attached hydrogens (tertiary/aromatic N) is 2. The standard InChI is InChI=1S/C15H14N2O5/c1-8(2)7-11(12-16-22-15(20)21-12)17-13(18)9-5-3-4-6-10(9)14(17)19/h3-6,8,11H,7H2,1-2H3/t11-/m0/s1. The van der Waals surface area contributed by atoms with Gasteiger partial charge in [0.2, 0.25) is 0 Å². The van der Waals surface area contributed by atoms with Gasteiger partial charge in [0.25, 0.3) is 17.7 Å². The second kappa shape index (κ2) is 5.25. The zero-order valence-electron chi connectivity index (χ0n) is 12.1. The van der Waals surface area contributed by atoms with Crippen LogP contribution < -0.4 is 5.82 Å². The molecule has 7 heteroatoms. The molecule has 0 saturated heterocycles. The van der Waals surface area contributed by atoms with E-state index < -0.39 is 23.7 Å².